The van der Waals surface area contributed by atoms with E-state index in [4.69, 9.17) is 60.8 Å². The number of nitrogens with two attached hydrogens (primary N) is 4. The summed E-state index contributed by atoms with van der Waals surface area (Å²) in [5.74, 6) is 0.661. The summed E-state index contributed by atoms with van der Waals surface area (Å²) in [6.07, 6.45) is 14.1. The van der Waals surface area contributed by atoms with E-state index in [-0.39, 0.29) is 142 Å². The first-order valence-electron chi connectivity index (χ1n) is 44.6. The van der Waals surface area contributed by atoms with Crippen molar-refractivity contribution in [3.05, 3.63) is 144 Å². The van der Waals surface area contributed by atoms with Crippen molar-refractivity contribution >= 4 is 186 Å². The number of halogens is 8. The molecule has 4 fully saturated rings. The Balaban J connectivity index is 0.000000156. The fraction of sp³-hybridized carbons (Fsp3) is 0.375. The molecule has 20 N–H and O–H groups in total. The number of amides is 4. The summed E-state index contributed by atoms with van der Waals surface area (Å²) >= 11 is 0. The monoisotopic (exact) mass is 2010 g/mol. The number of carbonyl (C=O) groups excluding carboxylic acids is 4. The van der Waals surface area contributed by atoms with Gasteiger partial charge in [0.1, 0.15) is 96.9 Å². The summed E-state index contributed by atoms with van der Waals surface area (Å²) in [5, 5.41) is 67.8. The molecule has 12 aromatic rings. The first-order chi connectivity index (χ1) is 64.9. The van der Waals surface area contributed by atoms with Gasteiger partial charge < -0.3 is 103 Å². The van der Waals surface area contributed by atoms with Crippen molar-refractivity contribution < 1.29 is 95.1 Å². The van der Waals surface area contributed by atoms with Crippen LogP contribution in [0.2, 0.25) is 0 Å². The van der Waals surface area contributed by atoms with Crippen molar-refractivity contribution in [3.8, 4) is 68.0 Å². The Bertz CT molecular complexity index is 6010. The van der Waals surface area contributed by atoms with Crippen LogP contribution in [0.4, 0.5) is 106 Å². The standard InChI is InChI=1S/4C24H26FN5O4.4ClH/c4*1-12-16(10-29-22-21(12)27-5-6-33-22)15-7-13-8-18(28-11-17(13)20(26)19(15)25)30-23(31)34-14-3-4-24(2,32)9-14;;;;/h4*7-8,10-11,14,27,32H,3-6,9,26H2,1-2H3,(H,28,30,31);4*1H/t2*14-,24+;2*14-,24-;;;;/m1010..../s1. The second kappa shape index (κ2) is 42.3. The third-order valence-corrected chi connectivity index (χ3v) is 25.6. The average Bonchev–Trinajstić information content (AvgIpc) is 1.08. The minimum absolute atomic E-state index is 0. The van der Waals surface area contributed by atoms with Crippen LogP contribution in [0.15, 0.2) is 98.1 Å². The van der Waals surface area contributed by atoms with Crippen LogP contribution < -0.4 is 84.4 Å². The van der Waals surface area contributed by atoms with Gasteiger partial charge in [0, 0.05) is 167 Å². The van der Waals surface area contributed by atoms with E-state index < -0.39 is 70.0 Å². The van der Waals surface area contributed by atoms with Gasteiger partial charge in [0.2, 0.25) is 23.5 Å². The molecule has 4 aliphatic heterocycles. The molecule has 0 saturated heterocycles. The quantitative estimate of drug-likeness (QED) is 0.0307. The summed E-state index contributed by atoms with van der Waals surface area (Å²) in [7, 11) is 0. The number of nitrogens with one attached hydrogen (secondary N) is 8. The number of benzene rings is 4. The summed E-state index contributed by atoms with van der Waals surface area (Å²) in [4.78, 5) is 83.4. The van der Waals surface area contributed by atoms with Crippen LogP contribution in [0.1, 0.15) is 127 Å². The number of aromatic nitrogens is 8. The molecule has 744 valence electrons. The second-order valence-corrected chi connectivity index (χ2v) is 36.3. The molecule has 0 bridgehead atoms. The normalized spacial score (nSPS) is 20.9. The average molecular weight is 2020 g/mol. The highest BCUT2D eigenvalue weighted by Gasteiger charge is 2.40. The van der Waals surface area contributed by atoms with E-state index in [2.05, 4.69) is 82.4 Å². The zero-order chi connectivity index (χ0) is 96.1. The molecule has 8 atom stereocenters. The molecule has 4 aliphatic carbocycles. The van der Waals surface area contributed by atoms with Crippen LogP contribution in [0, 0.1) is 51.0 Å². The number of hydrogen-bond donors (Lipinski definition) is 16. The maximum atomic E-state index is 15.3. The predicted octanol–water partition coefficient (Wildman–Crippen LogP) is 17.6. The van der Waals surface area contributed by atoms with Gasteiger partial charge in [-0.15, -0.1) is 49.6 Å². The van der Waals surface area contributed by atoms with Crippen molar-refractivity contribution in [2.75, 3.05) is 118 Å². The number of carbonyl (C=O) groups is 4. The molecule has 8 aromatic heterocycles. The van der Waals surface area contributed by atoms with Crippen LogP contribution in [0.3, 0.4) is 0 Å². The van der Waals surface area contributed by atoms with E-state index >= 15 is 17.6 Å². The molecule has 8 aliphatic rings. The number of nitrogen functional groups attached to an aromatic ring is 4. The SMILES string of the molecule is Cc1c(-c2cc3cc(NC(=O)O[C@@H]4CC[C@@](C)(O)C4)ncc3c(N)c2F)cnc2c1NCCO2.Cc1c(-c2cc3cc(NC(=O)O[C@@H]4CC[C@](C)(O)C4)ncc3c(N)c2F)cnc2c1NCCO2.Cc1c(-c2cc3cc(NC(=O)O[C@H]4CC[C@@](C)(O)C4)ncc3c(N)c2F)cnc2c1NCCO2.Cc1c(-c2cc3cc(NC(=O)O[C@H]4CC[C@](C)(O)C4)ncc3c(N)c2F)cnc2c1NCCO2.Cl.Cl.Cl.Cl. The third kappa shape index (κ3) is 22.5. The molecule has 44 heteroatoms. The van der Waals surface area contributed by atoms with E-state index in [0.717, 1.165) is 45.0 Å². The van der Waals surface area contributed by atoms with Crippen molar-refractivity contribution in [3.63, 3.8) is 0 Å². The number of ether oxygens (including phenoxy) is 8. The molecule has 36 nitrogen and oxygen atoms in total. The number of anilines is 12. The van der Waals surface area contributed by atoms with Crippen LogP contribution in [0.5, 0.6) is 23.5 Å². The van der Waals surface area contributed by atoms with E-state index in [1.165, 1.54) is 24.8 Å². The van der Waals surface area contributed by atoms with Gasteiger partial charge in [0.05, 0.1) is 45.2 Å². The van der Waals surface area contributed by atoms with Crippen LogP contribution in [-0.2, 0) is 18.9 Å². The number of fused-ring (bicyclic) bond motifs is 8. The summed E-state index contributed by atoms with van der Waals surface area (Å²) < 4.78 is 105. The molecular formula is C96H108Cl4F4N20O16. The molecule has 12 heterocycles. The van der Waals surface area contributed by atoms with Gasteiger partial charge in [0.15, 0.2) is 23.3 Å². The third-order valence-electron chi connectivity index (χ3n) is 25.6. The lowest BCUT2D eigenvalue weighted by molar-refractivity contribution is 0.0441. The first kappa shape index (κ1) is 104. The Morgan fingerprint density at radius 3 is 0.721 bits per heavy atom. The van der Waals surface area contributed by atoms with Crippen molar-refractivity contribution in [1.29, 1.82) is 0 Å². The Labute approximate surface area is 825 Å². The maximum Gasteiger partial charge on any atom is 0.413 e. The number of pyridine rings is 8. The summed E-state index contributed by atoms with van der Waals surface area (Å²) in [5.41, 5.74) is 30.6. The van der Waals surface area contributed by atoms with E-state index in [1.807, 2.05) is 27.7 Å². The Morgan fingerprint density at radius 2 is 0.536 bits per heavy atom. The van der Waals surface area contributed by atoms with Crippen LogP contribution in [-0.4, -0.2) is 184 Å². The predicted molar refractivity (Wildman–Crippen MR) is 535 cm³/mol. The van der Waals surface area contributed by atoms with Gasteiger partial charge in [-0.3, -0.25) is 21.3 Å². The molecule has 0 radical (unpaired) electrons. The minimum atomic E-state index is -0.824. The molecule has 4 saturated carbocycles. The highest BCUT2D eigenvalue weighted by Crippen LogP contribution is 2.47. The number of aliphatic hydroxyl groups is 4. The lowest BCUT2D eigenvalue weighted by atomic mass is 9.97. The zero-order valence-corrected chi connectivity index (χ0v) is 80.7. The fourth-order valence-corrected chi connectivity index (χ4v) is 18.4. The van der Waals surface area contributed by atoms with Crippen LogP contribution >= 0.6 is 49.6 Å². The zero-order valence-electron chi connectivity index (χ0n) is 77.4. The topological polar surface area (TPSA) is 526 Å². The number of rotatable bonds is 12. The number of nitrogens with zero attached hydrogens (tertiary/aromatic N) is 8. The molecule has 0 spiro atoms. The van der Waals surface area contributed by atoms with E-state index in [9.17, 15) is 39.6 Å². The molecule has 0 unspecified atom stereocenters. The molecule has 4 amide bonds. The van der Waals surface area contributed by atoms with Crippen LogP contribution in [0.25, 0.3) is 87.6 Å². The molecule has 20 rings (SSSR count). The van der Waals surface area contributed by atoms with Crippen molar-refractivity contribution in [1.82, 2.24) is 39.9 Å². The number of hydrogen-bond acceptors (Lipinski definition) is 32. The molecular weight excluding hydrogens is 1910 g/mol. The van der Waals surface area contributed by atoms with Crippen molar-refractivity contribution in [2.45, 2.75) is 179 Å². The highest BCUT2D eigenvalue weighted by atomic mass is 35.5. The Morgan fingerprint density at radius 1 is 0.336 bits per heavy atom. The largest absolute Gasteiger partial charge is 0.474 e. The smallest absolute Gasteiger partial charge is 0.413 e. The minimum Gasteiger partial charge on any atom is -0.474 e. The Kier molecular flexibility index (Phi) is 31.4. The first-order valence-corrected chi connectivity index (χ1v) is 44.6. The van der Waals surface area contributed by atoms with Gasteiger partial charge in [-0.1, -0.05) is 0 Å². The van der Waals surface area contributed by atoms with Gasteiger partial charge in [-0.25, -0.2) is 76.6 Å². The van der Waals surface area contributed by atoms with E-state index in [1.54, 1.807) is 101 Å². The highest BCUT2D eigenvalue weighted by molar-refractivity contribution is 6.04. The van der Waals surface area contributed by atoms with Gasteiger partial charge in [-0.05, 0) is 199 Å². The molecule has 4 aromatic carbocycles. The van der Waals surface area contributed by atoms with Gasteiger partial charge in [-0.2, -0.15) is 0 Å². The van der Waals surface area contributed by atoms with Gasteiger partial charge in [0.25, 0.3) is 0 Å². The Hall–Kier alpha value is -13.5. The summed E-state index contributed by atoms with van der Waals surface area (Å²) in [6.45, 7) is 19.0. The second-order valence-electron chi connectivity index (χ2n) is 36.3. The summed E-state index contributed by atoms with van der Waals surface area (Å²) in [6, 6.07) is 13.1. The van der Waals surface area contributed by atoms with Gasteiger partial charge >= 0.3 is 24.4 Å². The lowest BCUT2D eigenvalue weighted by Gasteiger charge is -2.22. The molecule has 140 heavy (non-hydrogen) atoms. The maximum absolute atomic E-state index is 15.3. The fourth-order valence-electron chi connectivity index (χ4n) is 18.4. The van der Waals surface area contributed by atoms with Crippen molar-refractivity contribution in [2.24, 2.45) is 0 Å². The van der Waals surface area contributed by atoms with E-state index in [0.29, 0.717) is 219 Å². The lowest BCUT2D eigenvalue weighted by Crippen LogP contribution is -2.24.